The van der Waals surface area contributed by atoms with Crippen LogP contribution in [0, 0.1) is 5.82 Å². The lowest BCUT2D eigenvalue weighted by Gasteiger charge is -2.12. The van der Waals surface area contributed by atoms with Crippen LogP contribution in [0.2, 0.25) is 0 Å². The van der Waals surface area contributed by atoms with Gasteiger partial charge in [0, 0.05) is 0 Å². The fourth-order valence-electron chi connectivity index (χ4n) is 3.58. The van der Waals surface area contributed by atoms with Crippen LogP contribution in [-0.4, -0.2) is 23.3 Å². The largest absolute Gasteiger partial charge is 0.493 e. The van der Waals surface area contributed by atoms with Crippen LogP contribution in [-0.2, 0) is 0 Å². The minimum absolute atomic E-state index is 0.0147. The average molecular weight is 524 g/mol. The number of fused-ring (bicyclic) bond motifs is 1. The number of thiophene rings is 1. The third-order valence-corrected chi connectivity index (χ3v) is 7.04. The van der Waals surface area contributed by atoms with Crippen molar-refractivity contribution in [2.45, 2.75) is 0 Å². The predicted octanol–water partition coefficient (Wildman–Crippen LogP) is 5.64. The van der Waals surface area contributed by atoms with Crippen molar-refractivity contribution in [3.63, 3.8) is 0 Å². The number of aromatic nitrogens is 1. The molecular formula is C26H18FNO6S2. The van der Waals surface area contributed by atoms with E-state index in [-0.39, 0.29) is 46.4 Å². The van der Waals surface area contributed by atoms with E-state index < -0.39 is 11.2 Å². The van der Waals surface area contributed by atoms with Crippen molar-refractivity contribution in [2.75, 3.05) is 13.2 Å². The minimum Gasteiger partial charge on any atom is -0.493 e. The number of hydrogen-bond acceptors (Lipinski definition) is 8. The minimum atomic E-state index is -0.547. The number of benzene rings is 2. The van der Waals surface area contributed by atoms with Gasteiger partial charge < -0.3 is 19.0 Å². The Hall–Kier alpha value is -4.15. The van der Waals surface area contributed by atoms with Gasteiger partial charge in [-0.2, -0.15) is 0 Å². The second-order valence-corrected chi connectivity index (χ2v) is 9.53. The average Bonchev–Trinajstić information content (AvgIpc) is 3.52. The van der Waals surface area contributed by atoms with E-state index in [1.54, 1.807) is 30.3 Å². The van der Waals surface area contributed by atoms with Crippen molar-refractivity contribution in [2.24, 2.45) is 0 Å². The van der Waals surface area contributed by atoms with Gasteiger partial charge in [-0.25, -0.2) is 4.39 Å². The fraction of sp³-hybridized carbons (Fsp3) is 0.0769. The van der Waals surface area contributed by atoms with E-state index in [0.717, 1.165) is 17.4 Å². The molecule has 0 aliphatic heterocycles. The lowest BCUT2D eigenvalue weighted by atomic mass is 10.1. The maximum Gasteiger partial charge on any atom is 0.307 e. The molecule has 36 heavy (non-hydrogen) atoms. The van der Waals surface area contributed by atoms with Gasteiger partial charge in [-0.05, 0) is 52.9 Å². The van der Waals surface area contributed by atoms with Crippen molar-refractivity contribution in [3.8, 4) is 28.0 Å². The summed E-state index contributed by atoms with van der Waals surface area (Å²) in [7, 11) is 0. The van der Waals surface area contributed by atoms with Gasteiger partial charge in [0.15, 0.2) is 5.76 Å². The summed E-state index contributed by atoms with van der Waals surface area (Å²) in [5, 5.41) is 11.8. The van der Waals surface area contributed by atoms with Crippen LogP contribution < -0.4 is 19.8 Å². The van der Waals surface area contributed by atoms with Crippen molar-refractivity contribution >= 4 is 39.2 Å². The first kappa shape index (κ1) is 23.6. The summed E-state index contributed by atoms with van der Waals surface area (Å²) >= 11 is 2.25. The summed E-state index contributed by atoms with van der Waals surface area (Å²) in [6, 6.07) is 14.4. The summed E-state index contributed by atoms with van der Waals surface area (Å²) in [5.41, 5.74) is 0.932. The maximum absolute atomic E-state index is 13.8. The normalized spacial score (nSPS) is 11.0. The Balaban J connectivity index is 1.33. The van der Waals surface area contributed by atoms with E-state index in [0.29, 0.717) is 26.6 Å². The quantitative estimate of drug-likeness (QED) is 0.256. The molecule has 182 valence electrons. The second-order valence-electron chi connectivity index (χ2n) is 7.60. The number of halogens is 1. The number of aromatic hydroxyl groups is 1. The highest BCUT2D eigenvalue weighted by atomic mass is 32.1. The SMILES string of the molecule is C=C(c1cccc(OCCOc2c(-c3cccs3)oc3ccc(F)cc3c2=O)c1)c1sc(=O)[nH]c1O. The predicted molar refractivity (Wildman–Crippen MR) is 138 cm³/mol. The number of aromatic amines is 1. The highest BCUT2D eigenvalue weighted by molar-refractivity contribution is 7.13. The van der Waals surface area contributed by atoms with Gasteiger partial charge in [-0.1, -0.05) is 36.1 Å². The number of nitrogens with one attached hydrogen (secondary N) is 1. The van der Waals surface area contributed by atoms with Crippen molar-refractivity contribution in [1.29, 1.82) is 0 Å². The number of thiazole rings is 1. The monoisotopic (exact) mass is 523 g/mol. The molecule has 0 amide bonds. The van der Waals surface area contributed by atoms with Crippen LogP contribution in [0.1, 0.15) is 10.4 Å². The van der Waals surface area contributed by atoms with Gasteiger partial charge in [-0.15, -0.1) is 11.3 Å². The summed E-state index contributed by atoms with van der Waals surface area (Å²) in [4.78, 5) is 27.6. The third-order valence-electron chi connectivity index (χ3n) is 5.24. The molecular weight excluding hydrogens is 505 g/mol. The number of ether oxygens (including phenoxy) is 2. The number of rotatable bonds is 8. The molecule has 0 radical (unpaired) electrons. The van der Waals surface area contributed by atoms with E-state index in [1.165, 1.54) is 23.5 Å². The van der Waals surface area contributed by atoms with E-state index in [2.05, 4.69) is 11.6 Å². The van der Waals surface area contributed by atoms with Crippen molar-refractivity contribution < 1.29 is 23.4 Å². The van der Waals surface area contributed by atoms with Crippen LogP contribution in [0.3, 0.4) is 0 Å². The second kappa shape index (κ2) is 9.84. The summed E-state index contributed by atoms with van der Waals surface area (Å²) in [6.45, 7) is 4.09. The van der Waals surface area contributed by atoms with Gasteiger partial charge in [0.1, 0.15) is 30.4 Å². The number of H-pyrrole nitrogens is 1. The van der Waals surface area contributed by atoms with Crippen LogP contribution in [0.15, 0.2) is 80.6 Å². The van der Waals surface area contributed by atoms with Crippen molar-refractivity contribution in [3.05, 3.63) is 103 Å². The highest BCUT2D eigenvalue weighted by Crippen LogP contribution is 2.34. The molecule has 0 saturated carbocycles. The first-order chi connectivity index (χ1) is 17.4. The standard InChI is InChI=1S/C26H18FNO6S2/c1-14(24-25(30)28-26(31)36-24)15-4-2-5-17(12-15)32-9-10-33-23-21(29)18-13-16(27)7-8-19(18)34-22(23)20-6-3-11-35-20/h2-8,11-13,30H,1,9-10H2,(H,28,31). The molecule has 0 bridgehead atoms. The van der Waals surface area contributed by atoms with E-state index in [9.17, 15) is 19.1 Å². The molecule has 2 N–H and O–H groups in total. The zero-order valence-electron chi connectivity index (χ0n) is 18.6. The molecule has 0 aliphatic carbocycles. The van der Waals surface area contributed by atoms with E-state index in [4.69, 9.17) is 13.9 Å². The van der Waals surface area contributed by atoms with Gasteiger partial charge in [-0.3, -0.25) is 14.6 Å². The van der Waals surface area contributed by atoms with Crippen LogP contribution in [0.5, 0.6) is 17.4 Å². The Bertz CT molecular complexity index is 1680. The molecule has 5 aromatic rings. The van der Waals surface area contributed by atoms with Gasteiger partial charge >= 0.3 is 4.87 Å². The Labute approximate surface area is 211 Å². The first-order valence-electron chi connectivity index (χ1n) is 10.7. The molecule has 3 heterocycles. The van der Waals surface area contributed by atoms with Crippen LogP contribution in [0.25, 0.3) is 27.2 Å². The first-order valence-corrected chi connectivity index (χ1v) is 12.4. The summed E-state index contributed by atoms with van der Waals surface area (Å²) < 4.78 is 31.2. The summed E-state index contributed by atoms with van der Waals surface area (Å²) in [5.74, 6) is -0.0115. The topological polar surface area (TPSA) is 102 Å². The fourth-order valence-corrected chi connectivity index (χ4v) is 5.01. The maximum atomic E-state index is 13.8. The Morgan fingerprint density at radius 2 is 1.92 bits per heavy atom. The van der Waals surface area contributed by atoms with Crippen molar-refractivity contribution in [1.82, 2.24) is 4.98 Å². The van der Waals surface area contributed by atoms with E-state index in [1.807, 2.05) is 11.4 Å². The molecule has 0 saturated heterocycles. The van der Waals surface area contributed by atoms with Gasteiger partial charge in [0.25, 0.3) is 0 Å². The smallest absolute Gasteiger partial charge is 0.307 e. The molecule has 10 heteroatoms. The molecule has 7 nitrogen and oxygen atoms in total. The molecule has 0 aliphatic rings. The zero-order chi connectivity index (χ0) is 25.2. The Kier molecular flexibility index (Phi) is 6.45. The lowest BCUT2D eigenvalue weighted by molar-refractivity contribution is 0.214. The number of hydrogen-bond donors (Lipinski definition) is 2. The van der Waals surface area contributed by atoms with Gasteiger partial charge in [0.2, 0.25) is 17.1 Å². The highest BCUT2D eigenvalue weighted by Gasteiger charge is 2.19. The summed E-state index contributed by atoms with van der Waals surface area (Å²) in [6.07, 6.45) is 0. The molecule has 0 spiro atoms. The van der Waals surface area contributed by atoms with Crippen LogP contribution in [0.4, 0.5) is 4.39 Å². The zero-order valence-corrected chi connectivity index (χ0v) is 20.2. The Morgan fingerprint density at radius 1 is 1.08 bits per heavy atom. The van der Waals surface area contributed by atoms with E-state index >= 15 is 0 Å². The molecule has 3 aromatic heterocycles. The molecule has 0 fully saturated rings. The lowest BCUT2D eigenvalue weighted by Crippen LogP contribution is -2.15. The molecule has 5 rings (SSSR count). The molecule has 0 atom stereocenters. The van der Waals surface area contributed by atoms with Crippen LogP contribution >= 0.6 is 22.7 Å². The molecule has 2 aromatic carbocycles. The van der Waals surface area contributed by atoms with Gasteiger partial charge in [0.05, 0.1) is 15.1 Å². The third kappa shape index (κ3) is 4.68. The Morgan fingerprint density at radius 3 is 2.67 bits per heavy atom. The molecule has 0 unspecified atom stereocenters.